The number of halogens is 1. The summed E-state index contributed by atoms with van der Waals surface area (Å²) in [6.45, 7) is 1.87. The van der Waals surface area contributed by atoms with Crippen LogP contribution in [0, 0.1) is 0 Å². The lowest BCUT2D eigenvalue weighted by Gasteiger charge is -2.19. The van der Waals surface area contributed by atoms with Crippen molar-refractivity contribution in [3.63, 3.8) is 0 Å². The van der Waals surface area contributed by atoms with E-state index in [9.17, 15) is 9.59 Å². The summed E-state index contributed by atoms with van der Waals surface area (Å²) in [4.78, 5) is 27.4. The summed E-state index contributed by atoms with van der Waals surface area (Å²) in [5.74, 6) is -0.162. The van der Waals surface area contributed by atoms with Gasteiger partial charge in [-0.25, -0.2) is 0 Å². The van der Waals surface area contributed by atoms with E-state index in [1.807, 2.05) is 4.90 Å². The molecule has 0 aliphatic carbocycles. The number of rotatable bonds is 3. The van der Waals surface area contributed by atoms with Gasteiger partial charge in [0.25, 0.3) is 0 Å². The molecule has 0 bridgehead atoms. The zero-order valence-electron chi connectivity index (χ0n) is 11.9. The molecule has 114 valence electrons. The molecule has 7 heteroatoms. The van der Waals surface area contributed by atoms with Gasteiger partial charge in [-0.15, -0.1) is 0 Å². The van der Waals surface area contributed by atoms with Gasteiger partial charge in [0.1, 0.15) is 0 Å². The number of nitrogens with zero attached hydrogens (tertiary/aromatic N) is 2. The molecular formula is C14H19ClN4O2. The Labute approximate surface area is 128 Å². The van der Waals surface area contributed by atoms with E-state index in [0.29, 0.717) is 16.4 Å². The zero-order chi connectivity index (χ0) is 15.4. The molecule has 1 aliphatic heterocycles. The molecule has 0 atom stereocenters. The fourth-order valence-corrected chi connectivity index (χ4v) is 2.44. The average Bonchev–Trinajstić information content (AvgIpc) is 2.55. The Morgan fingerprint density at radius 3 is 2.90 bits per heavy atom. The van der Waals surface area contributed by atoms with E-state index < -0.39 is 0 Å². The van der Waals surface area contributed by atoms with E-state index >= 15 is 0 Å². The van der Waals surface area contributed by atoms with Crippen molar-refractivity contribution in [1.82, 2.24) is 9.80 Å². The molecule has 0 aromatic heterocycles. The second kappa shape index (κ2) is 6.78. The average molecular weight is 311 g/mol. The Morgan fingerprint density at radius 2 is 2.19 bits per heavy atom. The molecule has 2 rings (SSSR count). The molecule has 0 spiro atoms. The van der Waals surface area contributed by atoms with Crippen LogP contribution in [0.3, 0.4) is 0 Å². The van der Waals surface area contributed by atoms with Crippen LogP contribution in [0.25, 0.3) is 0 Å². The smallest absolute Gasteiger partial charge is 0.238 e. The van der Waals surface area contributed by atoms with Gasteiger partial charge in [-0.05, 0) is 24.6 Å². The van der Waals surface area contributed by atoms with Crippen molar-refractivity contribution in [3.8, 4) is 0 Å². The molecule has 6 nitrogen and oxygen atoms in total. The maximum atomic E-state index is 12.1. The predicted octanol–water partition coefficient (Wildman–Crippen LogP) is 1.02. The third-order valence-corrected chi connectivity index (χ3v) is 3.70. The molecule has 1 saturated heterocycles. The van der Waals surface area contributed by atoms with Gasteiger partial charge < -0.3 is 16.0 Å². The third-order valence-electron chi connectivity index (χ3n) is 3.39. The summed E-state index contributed by atoms with van der Waals surface area (Å²) in [7, 11) is 1.78. The van der Waals surface area contributed by atoms with E-state index in [1.54, 1.807) is 30.1 Å². The molecular weight excluding hydrogens is 292 g/mol. The molecule has 1 fully saturated rings. The highest BCUT2D eigenvalue weighted by molar-refractivity contribution is 6.34. The van der Waals surface area contributed by atoms with Crippen LogP contribution in [0.5, 0.6) is 0 Å². The van der Waals surface area contributed by atoms with Crippen molar-refractivity contribution >= 4 is 34.8 Å². The second-order valence-electron chi connectivity index (χ2n) is 5.17. The quantitative estimate of drug-likeness (QED) is 0.817. The number of carbonyl (C=O) groups excluding carboxylic acids is 2. The summed E-state index contributed by atoms with van der Waals surface area (Å²) in [5, 5.41) is 3.14. The Hall–Kier alpha value is -1.79. The van der Waals surface area contributed by atoms with E-state index in [-0.39, 0.29) is 24.9 Å². The van der Waals surface area contributed by atoms with Crippen molar-refractivity contribution in [3.05, 3.63) is 23.2 Å². The Morgan fingerprint density at radius 1 is 1.43 bits per heavy atom. The van der Waals surface area contributed by atoms with Crippen molar-refractivity contribution in [2.45, 2.75) is 6.42 Å². The highest BCUT2D eigenvalue weighted by Gasteiger charge is 2.20. The Kier molecular flexibility index (Phi) is 5.03. The minimum Gasteiger partial charge on any atom is -0.399 e. The van der Waals surface area contributed by atoms with Gasteiger partial charge in [0, 0.05) is 25.8 Å². The Balaban J connectivity index is 1.93. The molecule has 1 aliphatic rings. The molecule has 1 heterocycles. The summed E-state index contributed by atoms with van der Waals surface area (Å²) in [6, 6.07) is 4.92. The number of carbonyl (C=O) groups is 2. The SMILES string of the molecule is CN1CCCN(CC(=O)Nc2ccc(N)cc2Cl)CC1=O. The molecule has 2 amide bonds. The van der Waals surface area contributed by atoms with Crippen LogP contribution < -0.4 is 11.1 Å². The lowest BCUT2D eigenvalue weighted by molar-refractivity contribution is -0.130. The van der Waals surface area contributed by atoms with Gasteiger partial charge in [0.05, 0.1) is 23.8 Å². The van der Waals surface area contributed by atoms with Crippen LogP contribution in [-0.2, 0) is 9.59 Å². The van der Waals surface area contributed by atoms with Crippen LogP contribution in [-0.4, -0.2) is 54.8 Å². The number of nitrogens with one attached hydrogen (secondary N) is 1. The van der Waals surface area contributed by atoms with Crippen molar-refractivity contribution in [2.24, 2.45) is 0 Å². The van der Waals surface area contributed by atoms with Crippen molar-refractivity contribution in [2.75, 3.05) is 44.3 Å². The van der Waals surface area contributed by atoms with E-state index in [4.69, 9.17) is 17.3 Å². The van der Waals surface area contributed by atoms with Gasteiger partial charge in [-0.2, -0.15) is 0 Å². The fraction of sp³-hybridized carbons (Fsp3) is 0.429. The van der Waals surface area contributed by atoms with Crippen LogP contribution in [0.1, 0.15) is 6.42 Å². The van der Waals surface area contributed by atoms with Gasteiger partial charge >= 0.3 is 0 Å². The third kappa shape index (κ3) is 4.34. The Bertz CT molecular complexity index is 550. The fourth-order valence-electron chi connectivity index (χ4n) is 2.21. The summed E-state index contributed by atoms with van der Waals surface area (Å²) in [5.41, 5.74) is 6.67. The van der Waals surface area contributed by atoms with Gasteiger partial charge in [-0.3, -0.25) is 14.5 Å². The molecule has 21 heavy (non-hydrogen) atoms. The number of benzene rings is 1. The van der Waals surface area contributed by atoms with Gasteiger partial charge in [0.15, 0.2) is 0 Å². The monoisotopic (exact) mass is 310 g/mol. The number of hydrogen-bond acceptors (Lipinski definition) is 4. The number of nitrogen functional groups attached to an aromatic ring is 1. The first kappa shape index (κ1) is 15.6. The molecule has 3 N–H and O–H groups in total. The van der Waals surface area contributed by atoms with Gasteiger partial charge in [-0.1, -0.05) is 11.6 Å². The number of hydrogen-bond donors (Lipinski definition) is 2. The summed E-state index contributed by atoms with van der Waals surface area (Å²) >= 11 is 6.02. The second-order valence-corrected chi connectivity index (χ2v) is 5.57. The van der Waals surface area contributed by atoms with Crippen molar-refractivity contribution < 1.29 is 9.59 Å². The topological polar surface area (TPSA) is 78.7 Å². The van der Waals surface area contributed by atoms with Crippen LogP contribution >= 0.6 is 11.6 Å². The lowest BCUT2D eigenvalue weighted by Crippen LogP contribution is -2.38. The van der Waals surface area contributed by atoms with Crippen LogP contribution in [0.4, 0.5) is 11.4 Å². The maximum Gasteiger partial charge on any atom is 0.238 e. The first-order chi connectivity index (χ1) is 9.95. The first-order valence-electron chi connectivity index (χ1n) is 6.77. The number of amides is 2. The highest BCUT2D eigenvalue weighted by atomic mass is 35.5. The molecule has 0 radical (unpaired) electrons. The number of nitrogens with two attached hydrogens (primary N) is 1. The first-order valence-corrected chi connectivity index (χ1v) is 7.14. The lowest BCUT2D eigenvalue weighted by atomic mass is 10.3. The predicted molar refractivity (Wildman–Crippen MR) is 83.2 cm³/mol. The van der Waals surface area contributed by atoms with Crippen LogP contribution in [0.2, 0.25) is 5.02 Å². The normalized spacial score (nSPS) is 16.7. The van der Waals surface area contributed by atoms with E-state index in [0.717, 1.165) is 19.5 Å². The maximum absolute atomic E-state index is 12.1. The van der Waals surface area contributed by atoms with Crippen LogP contribution in [0.15, 0.2) is 18.2 Å². The van der Waals surface area contributed by atoms with E-state index in [1.165, 1.54) is 0 Å². The summed E-state index contributed by atoms with van der Waals surface area (Å²) in [6.07, 6.45) is 0.859. The number of likely N-dealkylation sites (N-methyl/N-ethyl adjacent to an activating group) is 1. The molecule has 0 unspecified atom stereocenters. The minimum atomic E-state index is -0.195. The molecule has 1 aromatic rings. The molecule has 0 saturated carbocycles. The molecule has 1 aromatic carbocycles. The zero-order valence-corrected chi connectivity index (χ0v) is 12.7. The van der Waals surface area contributed by atoms with E-state index in [2.05, 4.69) is 5.32 Å². The number of anilines is 2. The van der Waals surface area contributed by atoms with Crippen molar-refractivity contribution in [1.29, 1.82) is 0 Å². The summed E-state index contributed by atoms with van der Waals surface area (Å²) < 4.78 is 0. The largest absolute Gasteiger partial charge is 0.399 e. The standard InChI is InChI=1S/C14H19ClN4O2/c1-18-5-2-6-19(9-14(18)21)8-13(20)17-12-4-3-10(16)7-11(12)15/h3-4,7H,2,5-6,8-9,16H2,1H3,(H,17,20). The highest BCUT2D eigenvalue weighted by Crippen LogP contribution is 2.23. The van der Waals surface area contributed by atoms with Gasteiger partial charge in [0.2, 0.25) is 11.8 Å². The minimum absolute atomic E-state index is 0.0332.